The molecule has 0 N–H and O–H groups in total. The fourth-order valence-corrected chi connectivity index (χ4v) is 8.50. The van der Waals surface area contributed by atoms with Crippen LogP contribution in [0.1, 0.15) is 77.7 Å². The van der Waals surface area contributed by atoms with Crippen molar-refractivity contribution in [3.8, 4) is 0 Å². The van der Waals surface area contributed by atoms with E-state index in [2.05, 4.69) is 46.0 Å². The van der Waals surface area contributed by atoms with Gasteiger partial charge in [-0.25, -0.2) is 14.8 Å². The number of likely N-dealkylation sites (tertiary alicyclic amines) is 2. The second-order valence-electron chi connectivity index (χ2n) is 15.9. The first-order valence-corrected chi connectivity index (χ1v) is 18.4. The van der Waals surface area contributed by atoms with E-state index in [4.69, 9.17) is 28.9 Å². The Bertz CT molecular complexity index is 1850. The Morgan fingerprint density at radius 1 is 0.902 bits per heavy atom. The van der Waals surface area contributed by atoms with E-state index in [0.29, 0.717) is 18.9 Å². The van der Waals surface area contributed by atoms with Crippen LogP contribution in [0.3, 0.4) is 0 Å². The van der Waals surface area contributed by atoms with Crippen LogP contribution >= 0.6 is 0 Å². The summed E-state index contributed by atoms with van der Waals surface area (Å²) in [6.45, 7) is 12.9. The summed E-state index contributed by atoms with van der Waals surface area (Å²) < 4.78 is 28.0. The summed E-state index contributed by atoms with van der Waals surface area (Å²) in [5.74, 6) is -0.0715. The van der Waals surface area contributed by atoms with Gasteiger partial charge in [-0.3, -0.25) is 4.90 Å². The summed E-state index contributed by atoms with van der Waals surface area (Å²) in [4.78, 5) is 27.2. The average Bonchev–Trinajstić information content (AvgIpc) is 3.86. The van der Waals surface area contributed by atoms with Crippen molar-refractivity contribution in [3.05, 3.63) is 96.3 Å². The highest BCUT2D eigenvalue weighted by Crippen LogP contribution is 2.47. The molecule has 268 valence electrons. The number of hydrogen-bond acceptors (Lipinski definition) is 8. The van der Waals surface area contributed by atoms with Crippen molar-refractivity contribution in [2.45, 2.75) is 102 Å². The molecule has 0 aliphatic carbocycles. The highest BCUT2D eigenvalue weighted by Gasteiger charge is 2.57. The van der Waals surface area contributed by atoms with Crippen LogP contribution in [0.2, 0.25) is 0 Å². The number of aliphatic imine (C=N–C) groups is 1. The van der Waals surface area contributed by atoms with Crippen molar-refractivity contribution < 1.29 is 23.7 Å². The van der Waals surface area contributed by atoms with Gasteiger partial charge in [0.1, 0.15) is 23.9 Å². The zero-order chi connectivity index (χ0) is 35.4. The number of pyridine rings is 1. The molecule has 4 aliphatic rings. The number of rotatable bonds is 6. The summed E-state index contributed by atoms with van der Waals surface area (Å²) in [6.07, 6.45) is 6.71. The maximum absolute atomic E-state index is 12.8. The lowest BCUT2D eigenvalue weighted by Gasteiger charge is -2.46. The largest absolute Gasteiger partial charge is 0.444 e. The molecule has 6 heterocycles. The van der Waals surface area contributed by atoms with Gasteiger partial charge in [-0.2, -0.15) is 0 Å². The molecule has 4 fully saturated rings. The Labute approximate surface area is 300 Å². The molecule has 2 aromatic carbocycles. The first-order chi connectivity index (χ1) is 24.5. The van der Waals surface area contributed by atoms with E-state index < -0.39 is 11.4 Å². The van der Waals surface area contributed by atoms with E-state index >= 15 is 0 Å². The summed E-state index contributed by atoms with van der Waals surface area (Å²) in [6, 6.07) is 24.6. The molecule has 0 unspecified atom stereocenters. The quantitative estimate of drug-likeness (QED) is 0.194. The number of carbonyl (C=O) groups excluding carboxylic acids is 1. The Morgan fingerprint density at radius 3 is 2.24 bits per heavy atom. The number of ether oxygens (including phenoxy) is 4. The molecule has 4 aliphatic heterocycles. The number of benzene rings is 2. The van der Waals surface area contributed by atoms with Gasteiger partial charge in [0.15, 0.2) is 17.8 Å². The number of hydrogen-bond donors (Lipinski definition) is 0. The van der Waals surface area contributed by atoms with Crippen LogP contribution in [0.4, 0.5) is 10.6 Å². The third-order valence-electron chi connectivity index (χ3n) is 10.8. The third-order valence-corrected chi connectivity index (χ3v) is 10.8. The average molecular weight is 692 g/mol. The van der Waals surface area contributed by atoms with E-state index in [1.54, 1.807) is 0 Å². The van der Waals surface area contributed by atoms with Gasteiger partial charge >= 0.3 is 6.09 Å². The van der Waals surface area contributed by atoms with E-state index in [0.717, 1.165) is 66.5 Å². The maximum Gasteiger partial charge on any atom is 0.410 e. The summed E-state index contributed by atoms with van der Waals surface area (Å²) in [5, 5.41) is 0.943. The van der Waals surface area contributed by atoms with Crippen molar-refractivity contribution in [2.75, 3.05) is 26.2 Å². The lowest BCUT2D eigenvalue weighted by Crippen LogP contribution is -2.56. The first kappa shape index (κ1) is 34.0. The molecule has 2 aromatic heterocycles. The monoisotopic (exact) mass is 691 g/mol. The van der Waals surface area contributed by atoms with Crippen LogP contribution in [0.5, 0.6) is 0 Å². The summed E-state index contributed by atoms with van der Waals surface area (Å²) in [7, 11) is 0. The summed E-state index contributed by atoms with van der Waals surface area (Å²) in [5.41, 5.74) is 3.44. The van der Waals surface area contributed by atoms with Crippen LogP contribution in [0.25, 0.3) is 10.9 Å². The molecule has 0 bridgehead atoms. The molecule has 8 rings (SSSR count). The fourth-order valence-electron chi connectivity index (χ4n) is 8.50. The van der Waals surface area contributed by atoms with Gasteiger partial charge < -0.3 is 28.4 Å². The van der Waals surface area contributed by atoms with Crippen molar-refractivity contribution in [3.63, 3.8) is 0 Å². The Hall–Kier alpha value is -4.09. The minimum Gasteiger partial charge on any atom is -0.444 e. The van der Waals surface area contributed by atoms with Crippen molar-refractivity contribution in [1.82, 2.24) is 19.4 Å². The standard InChI is InChI=1S/C41H49N5O5/c1-39(2,3)51-38(47)44-25-20-41(21-26-44)19-12-23-45(41)27-32-34-35(50-40(4,5)49-34)37(48-32)46-24-18-30-31(46)17-22-42-36(30)43-33(28-13-8-6-9-14-28)29-15-10-7-11-16-29/h6-11,13-18,22,24,32,34-35,37H,12,19-21,23,25-27H2,1-5H3/t32-,34-,35-,37-/m1/s1. The van der Waals surface area contributed by atoms with Crippen LogP contribution in [-0.4, -0.2) is 92.6 Å². The van der Waals surface area contributed by atoms with Gasteiger partial charge in [0.25, 0.3) is 0 Å². The highest BCUT2D eigenvalue weighted by atomic mass is 16.8. The molecular weight excluding hydrogens is 642 g/mol. The molecule has 4 aromatic rings. The van der Waals surface area contributed by atoms with Crippen molar-refractivity contribution in [1.29, 1.82) is 0 Å². The van der Waals surface area contributed by atoms with Crippen LogP contribution < -0.4 is 0 Å². The smallest absolute Gasteiger partial charge is 0.410 e. The lowest BCUT2D eigenvalue weighted by atomic mass is 9.84. The van der Waals surface area contributed by atoms with Crippen LogP contribution in [0, 0.1) is 0 Å². The second-order valence-corrected chi connectivity index (χ2v) is 15.9. The number of nitrogens with zero attached hydrogens (tertiary/aromatic N) is 5. The molecular formula is C41H49N5O5. The van der Waals surface area contributed by atoms with Gasteiger partial charge in [-0.1, -0.05) is 60.7 Å². The van der Waals surface area contributed by atoms with E-state index in [9.17, 15) is 4.79 Å². The predicted molar refractivity (Wildman–Crippen MR) is 196 cm³/mol. The second kappa shape index (κ2) is 13.2. The Balaban J connectivity index is 1.06. The number of amides is 1. The molecule has 0 radical (unpaired) electrons. The molecule has 10 heteroatoms. The third kappa shape index (κ3) is 6.70. The van der Waals surface area contributed by atoms with Crippen molar-refractivity contribution >= 4 is 28.5 Å². The summed E-state index contributed by atoms with van der Waals surface area (Å²) >= 11 is 0. The predicted octanol–water partition coefficient (Wildman–Crippen LogP) is 7.49. The molecule has 51 heavy (non-hydrogen) atoms. The van der Waals surface area contributed by atoms with E-state index in [1.165, 1.54) is 0 Å². The van der Waals surface area contributed by atoms with Gasteiger partial charge in [0.05, 0.1) is 11.2 Å². The van der Waals surface area contributed by atoms with Gasteiger partial charge in [0, 0.05) is 54.1 Å². The molecule has 0 saturated carbocycles. The first-order valence-electron chi connectivity index (χ1n) is 18.4. The van der Waals surface area contributed by atoms with Gasteiger partial charge in [-0.05, 0) is 79.0 Å². The number of aromatic nitrogens is 2. The van der Waals surface area contributed by atoms with Crippen LogP contribution in [-0.2, 0) is 18.9 Å². The minimum atomic E-state index is -0.725. The lowest BCUT2D eigenvalue weighted by molar-refractivity contribution is -0.199. The minimum absolute atomic E-state index is 0.0401. The van der Waals surface area contributed by atoms with Gasteiger partial charge in [0.2, 0.25) is 0 Å². The maximum atomic E-state index is 12.8. The fraction of sp³-hybridized carbons (Fsp3) is 0.488. The van der Waals surface area contributed by atoms with E-state index in [-0.39, 0.29) is 36.2 Å². The number of carbonyl (C=O) groups is 1. The zero-order valence-electron chi connectivity index (χ0n) is 30.3. The van der Waals surface area contributed by atoms with Crippen LogP contribution in [0.15, 0.2) is 90.2 Å². The molecule has 4 saturated heterocycles. The number of fused-ring (bicyclic) bond motifs is 2. The Morgan fingerprint density at radius 2 is 1.57 bits per heavy atom. The number of piperidine rings is 1. The zero-order valence-corrected chi connectivity index (χ0v) is 30.3. The molecule has 1 spiro atoms. The van der Waals surface area contributed by atoms with Gasteiger partial charge in [-0.15, -0.1) is 0 Å². The van der Waals surface area contributed by atoms with Crippen molar-refractivity contribution in [2.24, 2.45) is 4.99 Å². The molecule has 4 atom stereocenters. The topological polar surface area (TPSA) is 90.7 Å². The highest BCUT2D eigenvalue weighted by molar-refractivity contribution is 6.14. The van der Waals surface area contributed by atoms with E-state index in [1.807, 2.05) is 88.2 Å². The molecule has 10 nitrogen and oxygen atoms in total. The normalized spacial score (nSPS) is 25.7. The SMILES string of the molecule is CC(C)(C)OC(=O)N1CCC2(CCCN2C[C@H]2O[C@@H](n3ccc4c(N=C(c5ccccc5)c5ccccc5)nccc43)[C@@H]3OC(C)(C)O[C@@H]32)CC1. The molecule has 1 amide bonds. The Kier molecular flexibility index (Phi) is 8.77.